The van der Waals surface area contributed by atoms with E-state index in [0.717, 1.165) is 6.26 Å². The number of esters is 1. The van der Waals surface area contributed by atoms with Gasteiger partial charge in [-0.2, -0.15) is 0 Å². The molecular formula is C19H23NO6S. The van der Waals surface area contributed by atoms with E-state index >= 15 is 0 Å². The zero-order chi connectivity index (χ0) is 20.0. The Morgan fingerprint density at radius 2 is 1.70 bits per heavy atom. The molecule has 0 N–H and O–H groups in total. The minimum Gasteiger partial charge on any atom is -0.497 e. The van der Waals surface area contributed by atoms with Gasteiger partial charge in [-0.05, 0) is 36.8 Å². The van der Waals surface area contributed by atoms with E-state index in [9.17, 15) is 13.2 Å². The summed E-state index contributed by atoms with van der Waals surface area (Å²) in [6.45, 7) is 2.11. The maximum Gasteiger partial charge on any atom is 0.338 e. The van der Waals surface area contributed by atoms with Crippen LogP contribution >= 0.6 is 0 Å². The molecule has 7 nitrogen and oxygen atoms in total. The molecule has 0 spiro atoms. The normalized spacial score (nSPS) is 11.0. The topological polar surface area (TPSA) is 82.1 Å². The zero-order valence-electron chi connectivity index (χ0n) is 15.8. The third-order valence-electron chi connectivity index (χ3n) is 3.85. The van der Waals surface area contributed by atoms with Crippen molar-refractivity contribution < 1.29 is 27.4 Å². The van der Waals surface area contributed by atoms with Crippen LogP contribution in [0.15, 0.2) is 42.5 Å². The number of sulfonamides is 1. The Morgan fingerprint density at radius 3 is 2.22 bits per heavy atom. The van der Waals surface area contributed by atoms with Crippen molar-refractivity contribution in [1.29, 1.82) is 0 Å². The largest absolute Gasteiger partial charge is 0.497 e. The summed E-state index contributed by atoms with van der Waals surface area (Å²) in [5.74, 6) is 0.520. The molecule has 8 heteroatoms. The molecule has 27 heavy (non-hydrogen) atoms. The van der Waals surface area contributed by atoms with Crippen molar-refractivity contribution in [3.63, 3.8) is 0 Å². The van der Waals surface area contributed by atoms with Gasteiger partial charge in [-0.15, -0.1) is 0 Å². The highest BCUT2D eigenvalue weighted by Gasteiger charge is 2.22. The number of methoxy groups -OCH3 is 2. The molecule has 0 aliphatic carbocycles. The summed E-state index contributed by atoms with van der Waals surface area (Å²) in [6.07, 6.45) is 1.13. The molecule has 0 saturated carbocycles. The molecule has 2 aromatic carbocycles. The summed E-state index contributed by atoms with van der Waals surface area (Å²) in [5, 5.41) is 0. The molecular weight excluding hydrogens is 370 g/mol. The maximum absolute atomic E-state index is 12.4. The van der Waals surface area contributed by atoms with Gasteiger partial charge in [-0.25, -0.2) is 13.2 Å². The molecule has 0 fully saturated rings. The zero-order valence-corrected chi connectivity index (χ0v) is 16.6. The van der Waals surface area contributed by atoms with Crippen LogP contribution in [0.4, 0.5) is 5.69 Å². The van der Waals surface area contributed by atoms with E-state index in [1.807, 2.05) is 0 Å². The summed E-state index contributed by atoms with van der Waals surface area (Å²) in [4.78, 5) is 11.7. The molecule has 0 aromatic heterocycles. The lowest BCUT2D eigenvalue weighted by Gasteiger charge is -2.24. The number of rotatable bonds is 8. The summed E-state index contributed by atoms with van der Waals surface area (Å²) in [5.41, 5.74) is 1.52. The number of carbonyl (C=O) groups is 1. The van der Waals surface area contributed by atoms with Crippen LogP contribution in [0.1, 0.15) is 22.8 Å². The van der Waals surface area contributed by atoms with Crippen molar-refractivity contribution in [2.75, 3.05) is 31.4 Å². The van der Waals surface area contributed by atoms with Gasteiger partial charge < -0.3 is 14.2 Å². The number of carbonyl (C=O) groups excluding carboxylic acids is 1. The van der Waals surface area contributed by atoms with Crippen molar-refractivity contribution >= 4 is 21.7 Å². The van der Waals surface area contributed by atoms with Crippen molar-refractivity contribution in [1.82, 2.24) is 0 Å². The Bertz CT molecular complexity index is 893. The van der Waals surface area contributed by atoms with Crippen LogP contribution in [-0.2, 0) is 21.3 Å². The summed E-state index contributed by atoms with van der Waals surface area (Å²) < 4.78 is 41.5. The van der Waals surface area contributed by atoms with Crippen molar-refractivity contribution in [2.24, 2.45) is 0 Å². The van der Waals surface area contributed by atoms with Gasteiger partial charge in [0.2, 0.25) is 10.0 Å². The predicted octanol–water partition coefficient (Wildman–Crippen LogP) is 2.85. The van der Waals surface area contributed by atoms with E-state index in [1.54, 1.807) is 49.4 Å². The molecule has 2 rings (SSSR count). The smallest absolute Gasteiger partial charge is 0.338 e. The lowest BCUT2D eigenvalue weighted by atomic mass is 10.1. The fraction of sp³-hybridized carbons (Fsp3) is 0.316. The molecule has 2 aromatic rings. The first-order valence-electron chi connectivity index (χ1n) is 8.26. The third-order valence-corrected chi connectivity index (χ3v) is 4.97. The predicted molar refractivity (Wildman–Crippen MR) is 103 cm³/mol. The highest BCUT2D eigenvalue weighted by atomic mass is 32.2. The van der Waals surface area contributed by atoms with Gasteiger partial charge in [0.15, 0.2) is 0 Å². The highest BCUT2D eigenvalue weighted by molar-refractivity contribution is 7.92. The second-order valence-corrected chi connectivity index (χ2v) is 7.63. The van der Waals surface area contributed by atoms with Crippen LogP contribution in [0.25, 0.3) is 0 Å². The molecule has 0 atom stereocenters. The monoisotopic (exact) mass is 393 g/mol. The van der Waals surface area contributed by atoms with E-state index in [4.69, 9.17) is 14.2 Å². The standard InChI is InChI=1S/C19H23NO6S/c1-5-26-19(21)15-8-6-14(7-9-15)13-20(27(4,22)23)17-11-10-16(24-2)12-18(17)25-3/h6-12H,5,13H2,1-4H3. The van der Waals surface area contributed by atoms with E-state index < -0.39 is 16.0 Å². The molecule has 146 valence electrons. The molecule has 0 amide bonds. The van der Waals surface area contributed by atoms with Crippen LogP contribution < -0.4 is 13.8 Å². The molecule has 0 unspecified atom stereocenters. The number of hydrogen-bond donors (Lipinski definition) is 0. The molecule has 0 saturated heterocycles. The molecule has 0 heterocycles. The fourth-order valence-corrected chi connectivity index (χ4v) is 3.39. The van der Waals surface area contributed by atoms with Gasteiger partial charge in [0.05, 0.1) is 44.9 Å². The van der Waals surface area contributed by atoms with Crippen LogP contribution in [0.5, 0.6) is 11.5 Å². The molecule has 0 aliphatic heterocycles. The number of nitrogens with zero attached hydrogens (tertiary/aromatic N) is 1. The van der Waals surface area contributed by atoms with E-state index in [1.165, 1.54) is 18.5 Å². The summed E-state index contributed by atoms with van der Waals surface area (Å²) >= 11 is 0. The molecule has 0 aliphatic rings. The molecule has 0 radical (unpaired) electrons. The van der Waals surface area contributed by atoms with E-state index in [2.05, 4.69) is 0 Å². The first-order chi connectivity index (χ1) is 12.8. The Kier molecular flexibility index (Phi) is 6.68. The van der Waals surface area contributed by atoms with Gasteiger partial charge in [-0.1, -0.05) is 12.1 Å². The summed E-state index contributed by atoms with van der Waals surface area (Å²) in [6, 6.07) is 11.5. The van der Waals surface area contributed by atoms with E-state index in [-0.39, 0.29) is 6.54 Å². The van der Waals surface area contributed by atoms with Gasteiger partial charge in [0.1, 0.15) is 11.5 Å². The number of ether oxygens (including phenoxy) is 3. The SMILES string of the molecule is CCOC(=O)c1ccc(CN(c2ccc(OC)cc2OC)S(C)(=O)=O)cc1. The first kappa shape index (κ1) is 20.6. The average molecular weight is 393 g/mol. The Morgan fingerprint density at radius 1 is 1.04 bits per heavy atom. The van der Waals surface area contributed by atoms with Crippen molar-refractivity contribution in [3.05, 3.63) is 53.6 Å². The van der Waals surface area contributed by atoms with Gasteiger partial charge >= 0.3 is 5.97 Å². The Labute approximate surface area is 159 Å². The lowest BCUT2D eigenvalue weighted by Crippen LogP contribution is -2.29. The number of anilines is 1. The van der Waals surface area contributed by atoms with Crippen molar-refractivity contribution in [2.45, 2.75) is 13.5 Å². The second kappa shape index (κ2) is 8.77. The van der Waals surface area contributed by atoms with Crippen LogP contribution in [0, 0.1) is 0 Å². The Balaban J connectivity index is 2.35. The second-order valence-electron chi connectivity index (χ2n) is 5.72. The van der Waals surface area contributed by atoms with Crippen LogP contribution in [0.3, 0.4) is 0 Å². The van der Waals surface area contributed by atoms with E-state index in [0.29, 0.717) is 34.9 Å². The number of benzene rings is 2. The lowest BCUT2D eigenvalue weighted by molar-refractivity contribution is 0.0526. The molecule has 0 bridgehead atoms. The minimum absolute atomic E-state index is 0.0879. The van der Waals surface area contributed by atoms with Crippen molar-refractivity contribution in [3.8, 4) is 11.5 Å². The average Bonchev–Trinajstić information content (AvgIpc) is 2.65. The quantitative estimate of drug-likeness (QED) is 0.642. The Hall–Kier alpha value is -2.74. The number of hydrogen-bond acceptors (Lipinski definition) is 6. The minimum atomic E-state index is -3.58. The maximum atomic E-state index is 12.4. The third kappa shape index (κ3) is 5.13. The van der Waals surface area contributed by atoms with Crippen LogP contribution in [0.2, 0.25) is 0 Å². The fourth-order valence-electron chi connectivity index (χ4n) is 2.50. The highest BCUT2D eigenvalue weighted by Crippen LogP contribution is 2.34. The van der Waals surface area contributed by atoms with Gasteiger partial charge in [0, 0.05) is 6.07 Å². The van der Waals surface area contributed by atoms with Gasteiger partial charge in [0.25, 0.3) is 0 Å². The van der Waals surface area contributed by atoms with Gasteiger partial charge in [-0.3, -0.25) is 4.31 Å². The first-order valence-corrected chi connectivity index (χ1v) is 10.1. The summed E-state index contributed by atoms with van der Waals surface area (Å²) in [7, 11) is -0.596. The van der Waals surface area contributed by atoms with Crippen LogP contribution in [-0.4, -0.2) is 41.5 Å².